The largest absolute Gasteiger partial charge is 0.495 e. The van der Waals surface area contributed by atoms with Crippen LogP contribution >= 0.6 is 11.6 Å². The van der Waals surface area contributed by atoms with E-state index in [1.165, 1.54) is 49.6 Å². The lowest BCUT2D eigenvalue weighted by molar-refractivity contribution is -0.138. The molecular formula is C19H20ClNO7S. The quantitative estimate of drug-likeness (QED) is 0.580. The fourth-order valence-corrected chi connectivity index (χ4v) is 4.18. The summed E-state index contributed by atoms with van der Waals surface area (Å²) < 4.78 is 41.9. The van der Waals surface area contributed by atoms with Crippen LogP contribution in [-0.4, -0.2) is 47.7 Å². The van der Waals surface area contributed by atoms with Crippen molar-refractivity contribution in [2.45, 2.75) is 11.8 Å². The number of nitrogens with zero attached hydrogens (tertiary/aromatic N) is 1. The van der Waals surface area contributed by atoms with Crippen molar-refractivity contribution in [2.75, 3.05) is 31.7 Å². The van der Waals surface area contributed by atoms with Crippen LogP contribution in [0.15, 0.2) is 47.4 Å². The van der Waals surface area contributed by atoms with Gasteiger partial charge < -0.3 is 14.2 Å². The maximum absolute atomic E-state index is 13.2. The van der Waals surface area contributed by atoms with Gasteiger partial charge in [0.15, 0.2) is 0 Å². The first-order valence-electron chi connectivity index (χ1n) is 8.44. The number of hydrogen-bond acceptors (Lipinski definition) is 7. The first kappa shape index (κ1) is 22.5. The van der Waals surface area contributed by atoms with Crippen molar-refractivity contribution in [1.82, 2.24) is 0 Å². The first-order chi connectivity index (χ1) is 13.7. The highest BCUT2D eigenvalue weighted by Crippen LogP contribution is 2.30. The molecule has 0 atom stereocenters. The number of hydrogen-bond donors (Lipinski definition) is 0. The second kappa shape index (κ2) is 9.62. The van der Waals surface area contributed by atoms with Gasteiger partial charge in [-0.05, 0) is 43.3 Å². The number of benzene rings is 2. The molecule has 0 spiro atoms. The number of carbonyl (C=O) groups is 2. The van der Waals surface area contributed by atoms with Crippen LogP contribution in [0.4, 0.5) is 5.69 Å². The van der Waals surface area contributed by atoms with Crippen LogP contribution in [0.3, 0.4) is 0 Å². The molecule has 156 valence electrons. The van der Waals surface area contributed by atoms with Crippen LogP contribution in [0.2, 0.25) is 5.02 Å². The van der Waals surface area contributed by atoms with Crippen LogP contribution in [0.25, 0.3) is 0 Å². The average Bonchev–Trinajstić information content (AvgIpc) is 2.71. The number of methoxy groups -OCH3 is 2. The Bertz CT molecular complexity index is 1010. The molecule has 2 aromatic rings. The second-order valence-corrected chi connectivity index (χ2v) is 7.92. The molecule has 0 fully saturated rings. The number of esters is 2. The lowest BCUT2D eigenvalue weighted by Gasteiger charge is -2.24. The zero-order chi connectivity index (χ0) is 21.6. The van der Waals surface area contributed by atoms with E-state index < -0.39 is 28.5 Å². The molecule has 2 aromatic carbocycles. The SMILES string of the molecule is CCOC(=O)c1cccc(N(CC(=O)OC)S(=O)(=O)c2ccc(OC)c(Cl)c2)c1. The maximum atomic E-state index is 13.2. The minimum atomic E-state index is -4.22. The van der Waals surface area contributed by atoms with Gasteiger partial charge >= 0.3 is 11.9 Å². The van der Waals surface area contributed by atoms with Crippen LogP contribution in [0.5, 0.6) is 5.75 Å². The van der Waals surface area contributed by atoms with E-state index in [4.69, 9.17) is 21.1 Å². The minimum Gasteiger partial charge on any atom is -0.495 e. The third-order valence-electron chi connectivity index (χ3n) is 3.86. The van der Waals surface area contributed by atoms with Gasteiger partial charge in [-0.15, -0.1) is 0 Å². The topological polar surface area (TPSA) is 99.2 Å². The van der Waals surface area contributed by atoms with Crippen molar-refractivity contribution in [3.8, 4) is 5.75 Å². The third-order valence-corrected chi connectivity index (χ3v) is 5.92. The maximum Gasteiger partial charge on any atom is 0.338 e. The molecule has 0 unspecified atom stereocenters. The van der Waals surface area contributed by atoms with Gasteiger partial charge in [-0.1, -0.05) is 17.7 Å². The summed E-state index contributed by atoms with van der Waals surface area (Å²) in [6.45, 7) is 1.22. The van der Waals surface area contributed by atoms with Crippen LogP contribution in [0.1, 0.15) is 17.3 Å². The molecule has 0 saturated carbocycles. The summed E-state index contributed by atoms with van der Waals surface area (Å²) in [5.41, 5.74) is 0.232. The van der Waals surface area contributed by atoms with E-state index >= 15 is 0 Å². The number of rotatable bonds is 8. The molecule has 29 heavy (non-hydrogen) atoms. The number of ether oxygens (including phenoxy) is 3. The molecule has 0 bridgehead atoms. The molecule has 0 N–H and O–H groups in total. The zero-order valence-electron chi connectivity index (χ0n) is 16.0. The summed E-state index contributed by atoms with van der Waals surface area (Å²) >= 11 is 6.06. The predicted octanol–water partition coefficient (Wildman–Crippen LogP) is 2.89. The predicted molar refractivity (Wildman–Crippen MR) is 107 cm³/mol. The number of anilines is 1. The summed E-state index contributed by atoms with van der Waals surface area (Å²) in [5, 5.41) is 0.0897. The molecule has 0 aliphatic heterocycles. The Hall–Kier alpha value is -2.78. The van der Waals surface area contributed by atoms with E-state index in [2.05, 4.69) is 4.74 Å². The Morgan fingerprint density at radius 1 is 1.10 bits per heavy atom. The van der Waals surface area contributed by atoms with E-state index in [0.717, 1.165) is 11.4 Å². The summed E-state index contributed by atoms with van der Waals surface area (Å²) in [7, 11) is -1.67. The molecule has 0 radical (unpaired) electrons. The van der Waals surface area contributed by atoms with Crippen molar-refractivity contribution in [3.05, 3.63) is 53.1 Å². The summed E-state index contributed by atoms with van der Waals surface area (Å²) in [6.07, 6.45) is 0. The van der Waals surface area contributed by atoms with E-state index in [0.29, 0.717) is 5.75 Å². The molecule has 10 heteroatoms. The van der Waals surface area contributed by atoms with E-state index in [1.807, 2.05) is 0 Å². The molecule has 0 aliphatic carbocycles. The van der Waals surface area contributed by atoms with Gasteiger partial charge in [-0.3, -0.25) is 9.10 Å². The molecule has 0 saturated heterocycles. The van der Waals surface area contributed by atoms with Gasteiger partial charge in [0, 0.05) is 0 Å². The molecule has 8 nitrogen and oxygen atoms in total. The van der Waals surface area contributed by atoms with E-state index in [9.17, 15) is 18.0 Å². The van der Waals surface area contributed by atoms with Crippen LogP contribution < -0.4 is 9.04 Å². The molecule has 0 heterocycles. The van der Waals surface area contributed by atoms with Crippen molar-refractivity contribution in [3.63, 3.8) is 0 Å². The minimum absolute atomic E-state index is 0.0897. The van der Waals surface area contributed by atoms with Crippen molar-refractivity contribution in [1.29, 1.82) is 0 Å². The lowest BCUT2D eigenvalue weighted by Crippen LogP contribution is -2.36. The van der Waals surface area contributed by atoms with Gasteiger partial charge in [0.1, 0.15) is 12.3 Å². The van der Waals surface area contributed by atoms with Gasteiger partial charge in [0.05, 0.1) is 42.0 Å². The number of sulfonamides is 1. The summed E-state index contributed by atoms with van der Waals surface area (Å²) in [4.78, 5) is 23.8. The van der Waals surface area contributed by atoms with Crippen LogP contribution in [-0.2, 0) is 24.3 Å². The Labute approximate surface area is 174 Å². The molecule has 0 aliphatic rings. The van der Waals surface area contributed by atoms with Gasteiger partial charge in [-0.25, -0.2) is 13.2 Å². The molecule has 0 aromatic heterocycles. The zero-order valence-corrected chi connectivity index (χ0v) is 17.6. The monoisotopic (exact) mass is 441 g/mol. The first-order valence-corrected chi connectivity index (χ1v) is 10.3. The summed E-state index contributed by atoms with van der Waals surface area (Å²) in [6, 6.07) is 9.67. The highest BCUT2D eigenvalue weighted by molar-refractivity contribution is 7.92. The number of halogens is 1. The Morgan fingerprint density at radius 3 is 2.41 bits per heavy atom. The highest BCUT2D eigenvalue weighted by Gasteiger charge is 2.29. The van der Waals surface area contributed by atoms with Crippen molar-refractivity contribution in [2.24, 2.45) is 0 Å². The van der Waals surface area contributed by atoms with Crippen LogP contribution in [0, 0.1) is 0 Å². The standard InChI is InChI=1S/C19H20ClNO7S/c1-4-28-19(23)13-6-5-7-14(10-13)21(12-18(22)27-3)29(24,25)15-8-9-17(26-2)16(20)11-15/h5-11H,4,12H2,1-3H3. The second-order valence-electron chi connectivity index (χ2n) is 5.65. The fraction of sp³-hybridized carbons (Fsp3) is 0.263. The summed E-state index contributed by atoms with van der Waals surface area (Å²) in [5.74, 6) is -1.10. The molecule has 0 amide bonds. The average molecular weight is 442 g/mol. The highest BCUT2D eigenvalue weighted by atomic mass is 35.5. The lowest BCUT2D eigenvalue weighted by atomic mass is 10.2. The Balaban J connectivity index is 2.55. The van der Waals surface area contributed by atoms with E-state index in [1.54, 1.807) is 6.92 Å². The van der Waals surface area contributed by atoms with Gasteiger partial charge in [0.2, 0.25) is 0 Å². The smallest absolute Gasteiger partial charge is 0.338 e. The Morgan fingerprint density at radius 2 is 1.83 bits per heavy atom. The van der Waals surface area contributed by atoms with Crippen molar-refractivity contribution >= 4 is 39.3 Å². The molecular weight excluding hydrogens is 422 g/mol. The van der Waals surface area contributed by atoms with Gasteiger partial charge in [-0.2, -0.15) is 0 Å². The normalized spacial score (nSPS) is 10.9. The van der Waals surface area contributed by atoms with E-state index in [-0.39, 0.29) is 27.8 Å². The van der Waals surface area contributed by atoms with Gasteiger partial charge in [0.25, 0.3) is 10.0 Å². The third kappa shape index (κ3) is 5.18. The Kier molecular flexibility index (Phi) is 7.46. The number of carbonyl (C=O) groups excluding carboxylic acids is 2. The van der Waals surface area contributed by atoms with Crippen molar-refractivity contribution < 1.29 is 32.2 Å². The molecule has 2 rings (SSSR count). The fourth-order valence-electron chi connectivity index (χ4n) is 2.43.